The summed E-state index contributed by atoms with van der Waals surface area (Å²) >= 11 is 0. The number of H-pyrrole nitrogens is 1. The number of halogens is 2. The first kappa shape index (κ1) is 16.5. The molecular formula is C16H19F2N5O. The number of carbonyl (C=O) groups excluding carboxylic acids is 1. The molecule has 24 heavy (non-hydrogen) atoms. The summed E-state index contributed by atoms with van der Waals surface area (Å²) in [7, 11) is 0. The number of amides is 1. The van der Waals surface area contributed by atoms with E-state index in [4.69, 9.17) is 0 Å². The van der Waals surface area contributed by atoms with Crippen molar-refractivity contribution in [1.29, 1.82) is 0 Å². The van der Waals surface area contributed by atoms with Gasteiger partial charge in [0.05, 0.1) is 6.54 Å². The molecule has 1 unspecified atom stereocenters. The molecule has 1 fully saturated rings. The summed E-state index contributed by atoms with van der Waals surface area (Å²) in [5, 5.41) is 9.69. The van der Waals surface area contributed by atoms with Crippen molar-refractivity contribution in [1.82, 2.24) is 25.4 Å². The number of carbonyl (C=O) groups is 1. The van der Waals surface area contributed by atoms with Gasteiger partial charge in [-0.15, -0.1) is 0 Å². The van der Waals surface area contributed by atoms with Crippen molar-refractivity contribution < 1.29 is 13.6 Å². The summed E-state index contributed by atoms with van der Waals surface area (Å²) in [5.41, 5.74) is 0.399. The zero-order chi connectivity index (χ0) is 17.1. The Labute approximate surface area is 138 Å². The van der Waals surface area contributed by atoms with E-state index in [0.717, 1.165) is 37.2 Å². The summed E-state index contributed by atoms with van der Waals surface area (Å²) < 4.78 is 26.2. The van der Waals surface area contributed by atoms with Crippen LogP contribution in [0.2, 0.25) is 0 Å². The summed E-state index contributed by atoms with van der Waals surface area (Å²) in [6.45, 7) is 3.72. The van der Waals surface area contributed by atoms with Crippen LogP contribution in [-0.2, 0) is 11.3 Å². The van der Waals surface area contributed by atoms with Crippen LogP contribution in [0.3, 0.4) is 0 Å². The van der Waals surface area contributed by atoms with Crippen LogP contribution in [0.4, 0.5) is 8.78 Å². The van der Waals surface area contributed by atoms with Gasteiger partial charge >= 0.3 is 0 Å². The average Bonchev–Trinajstić information content (AvgIpc) is 3.13. The van der Waals surface area contributed by atoms with Gasteiger partial charge in [-0.1, -0.05) is 0 Å². The van der Waals surface area contributed by atoms with Crippen molar-refractivity contribution in [3.63, 3.8) is 0 Å². The molecule has 1 aromatic heterocycles. The van der Waals surface area contributed by atoms with Crippen LogP contribution in [0, 0.1) is 18.6 Å². The molecule has 0 bridgehead atoms. The number of hydrogen-bond acceptors (Lipinski definition) is 4. The quantitative estimate of drug-likeness (QED) is 0.868. The Balaban J connectivity index is 1.47. The number of likely N-dealkylation sites (tertiary alicyclic amines) is 1. The predicted molar refractivity (Wildman–Crippen MR) is 83.1 cm³/mol. The maximum absolute atomic E-state index is 13.1. The van der Waals surface area contributed by atoms with Gasteiger partial charge in [0.1, 0.15) is 17.5 Å². The molecule has 2 aromatic rings. The van der Waals surface area contributed by atoms with Gasteiger partial charge in [0.2, 0.25) is 5.91 Å². The Morgan fingerprint density at radius 2 is 2.12 bits per heavy atom. The standard InChI is InChI=1S/C16H19F2N5O/c1-10-20-16(22-21-10)12-2-3-23(8-12)9-15(24)19-7-11-4-13(17)6-14(18)5-11/h4-6,12H,2-3,7-9H2,1H3,(H,19,24)(H,20,21,22). The third-order valence-corrected chi connectivity index (χ3v) is 4.03. The molecule has 2 heterocycles. The van der Waals surface area contributed by atoms with Crippen LogP contribution in [0.15, 0.2) is 18.2 Å². The van der Waals surface area contributed by atoms with Crippen LogP contribution in [-0.4, -0.2) is 45.6 Å². The molecule has 8 heteroatoms. The van der Waals surface area contributed by atoms with Crippen LogP contribution < -0.4 is 5.32 Å². The highest BCUT2D eigenvalue weighted by atomic mass is 19.1. The van der Waals surface area contributed by atoms with Gasteiger partial charge in [-0.2, -0.15) is 5.10 Å². The predicted octanol–water partition coefficient (Wildman–Crippen LogP) is 1.50. The second kappa shape index (κ2) is 7.04. The lowest BCUT2D eigenvalue weighted by Crippen LogP contribution is -2.35. The lowest BCUT2D eigenvalue weighted by Gasteiger charge is -2.15. The number of nitrogens with one attached hydrogen (secondary N) is 2. The summed E-state index contributed by atoms with van der Waals surface area (Å²) in [6, 6.07) is 3.22. The van der Waals surface area contributed by atoms with Gasteiger partial charge in [-0.3, -0.25) is 14.8 Å². The summed E-state index contributed by atoms with van der Waals surface area (Å²) in [4.78, 5) is 18.4. The lowest BCUT2D eigenvalue weighted by molar-refractivity contribution is -0.122. The summed E-state index contributed by atoms with van der Waals surface area (Å²) in [5.74, 6) is 0.313. The molecule has 1 aliphatic rings. The topological polar surface area (TPSA) is 73.9 Å². The van der Waals surface area contributed by atoms with E-state index in [-0.39, 0.29) is 24.9 Å². The van der Waals surface area contributed by atoms with Gasteiger partial charge in [0.25, 0.3) is 0 Å². The molecule has 1 atom stereocenters. The number of nitrogens with zero attached hydrogens (tertiary/aromatic N) is 3. The molecule has 128 valence electrons. The maximum atomic E-state index is 13.1. The van der Waals surface area contributed by atoms with E-state index in [0.29, 0.717) is 5.56 Å². The Hall–Kier alpha value is -2.35. The number of aryl methyl sites for hydroxylation is 1. The van der Waals surface area contributed by atoms with E-state index >= 15 is 0 Å². The molecule has 0 radical (unpaired) electrons. The number of benzene rings is 1. The van der Waals surface area contributed by atoms with Crippen molar-refractivity contribution in [2.24, 2.45) is 0 Å². The first-order valence-electron chi connectivity index (χ1n) is 7.82. The fourth-order valence-electron chi connectivity index (χ4n) is 2.90. The normalized spacial score (nSPS) is 18.0. The van der Waals surface area contributed by atoms with Crippen LogP contribution in [0.25, 0.3) is 0 Å². The molecule has 1 aromatic carbocycles. The highest BCUT2D eigenvalue weighted by Crippen LogP contribution is 2.24. The highest BCUT2D eigenvalue weighted by molar-refractivity contribution is 5.78. The molecular weight excluding hydrogens is 316 g/mol. The SMILES string of the molecule is Cc1nc(C2CCN(CC(=O)NCc3cc(F)cc(F)c3)C2)n[nH]1. The monoisotopic (exact) mass is 335 g/mol. The molecule has 2 N–H and O–H groups in total. The van der Waals surface area contributed by atoms with Crippen molar-refractivity contribution >= 4 is 5.91 Å². The lowest BCUT2D eigenvalue weighted by atomic mass is 10.1. The number of hydrogen-bond donors (Lipinski definition) is 2. The fraction of sp³-hybridized carbons (Fsp3) is 0.438. The van der Waals surface area contributed by atoms with E-state index in [1.54, 1.807) is 0 Å². The molecule has 1 aliphatic heterocycles. The van der Waals surface area contributed by atoms with Gasteiger partial charge < -0.3 is 5.32 Å². The zero-order valence-corrected chi connectivity index (χ0v) is 13.4. The minimum atomic E-state index is -0.650. The third-order valence-electron chi connectivity index (χ3n) is 4.03. The second-order valence-corrected chi connectivity index (χ2v) is 6.05. The first-order valence-corrected chi connectivity index (χ1v) is 7.82. The molecule has 0 saturated carbocycles. The fourth-order valence-corrected chi connectivity index (χ4v) is 2.90. The molecule has 1 amide bonds. The minimum Gasteiger partial charge on any atom is -0.351 e. The van der Waals surface area contributed by atoms with Crippen LogP contribution in [0.1, 0.15) is 29.6 Å². The Kier molecular flexibility index (Phi) is 4.84. The van der Waals surface area contributed by atoms with Gasteiger partial charge in [0, 0.05) is 25.1 Å². The molecule has 1 saturated heterocycles. The Morgan fingerprint density at radius 3 is 2.79 bits per heavy atom. The summed E-state index contributed by atoms with van der Waals surface area (Å²) in [6.07, 6.45) is 0.902. The van der Waals surface area contributed by atoms with Gasteiger partial charge in [0.15, 0.2) is 5.82 Å². The van der Waals surface area contributed by atoms with Crippen molar-refractivity contribution in [2.75, 3.05) is 19.6 Å². The molecule has 0 spiro atoms. The minimum absolute atomic E-state index is 0.102. The molecule has 6 nitrogen and oxygen atoms in total. The Morgan fingerprint density at radius 1 is 1.38 bits per heavy atom. The van der Waals surface area contributed by atoms with Crippen LogP contribution >= 0.6 is 0 Å². The number of aromatic nitrogens is 3. The largest absolute Gasteiger partial charge is 0.351 e. The second-order valence-electron chi connectivity index (χ2n) is 6.05. The van der Waals surface area contributed by atoms with E-state index in [2.05, 4.69) is 20.5 Å². The van der Waals surface area contributed by atoms with Gasteiger partial charge in [-0.05, 0) is 37.6 Å². The van der Waals surface area contributed by atoms with E-state index in [1.165, 1.54) is 12.1 Å². The average molecular weight is 335 g/mol. The van der Waals surface area contributed by atoms with Crippen molar-refractivity contribution in [3.8, 4) is 0 Å². The van der Waals surface area contributed by atoms with Crippen molar-refractivity contribution in [3.05, 3.63) is 47.0 Å². The first-order chi connectivity index (χ1) is 11.5. The number of rotatable bonds is 5. The highest BCUT2D eigenvalue weighted by Gasteiger charge is 2.27. The maximum Gasteiger partial charge on any atom is 0.234 e. The third kappa shape index (κ3) is 4.14. The Bertz CT molecular complexity index is 713. The van der Waals surface area contributed by atoms with E-state index in [9.17, 15) is 13.6 Å². The smallest absolute Gasteiger partial charge is 0.234 e. The molecule has 3 rings (SSSR count). The van der Waals surface area contributed by atoms with E-state index < -0.39 is 11.6 Å². The number of aromatic amines is 1. The molecule has 0 aliphatic carbocycles. The van der Waals surface area contributed by atoms with Crippen molar-refractivity contribution in [2.45, 2.75) is 25.8 Å². The van der Waals surface area contributed by atoms with Crippen LogP contribution in [0.5, 0.6) is 0 Å². The van der Waals surface area contributed by atoms with Gasteiger partial charge in [-0.25, -0.2) is 13.8 Å². The van der Waals surface area contributed by atoms with E-state index in [1.807, 2.05) is 11.8 Å². The zero-order valence-electron chi connectivity index (χ0n) is 13.4.